The largest absolute Gasteiger partial charge is 0.488 e. The van der Waals surface area contributed by atoms with Gasteiger partial charge in [0.1, 0.15) is 24.9 Å². The lowest BCUT2D eigenvalue weighted by Crippen LogP contribution is -2.34. The number of hydrogen-bond donors (Lipinski definition) is 3. The first-order chi connectivity index (χ1) is 24.2. The number of fused-ring (bicyclic) bond motifs is 1. The van der Waals surface area contributed by atoms with Crippen LogP contribution in [0.4, 0.5) is 5.69 Å². The van der Waals surface area contributed by atoms with Crippen LogP contribution in [0.5, 0.6) is 5.88 Å². The molecule has 51 heavy (non-hydrogen) atoms. The Bertz CT molecular complexity index is 1860. The summed E-state index contributed by atoms with van der Waals surface area (Å²) in [6, 6.07) is 15.8. The SMILES string of the molecule is CCCCCCP(=O)(O)OP(=O)(O)OP(=O)(O)OCC1OC(n2ccc(OCc3ccccc3)nc2=O)C2OC(c3ccc([N+](=O)[O-])cc3)OC12. The Hall–Kier alpha value is -3.15. The minimum absolute atomic E-state index is 0.0179. The molecule has 2 aromatic carbocycles. The monoisotopic (exact) mass is 775 g/mol. The summed E-state index contributed by atoms with van der Waals surface area (Å²) in [5.41, 5.74) is 0.200. The summed E-state index contributed by atoms with van der Waals surface area (Å²) in [6.07, 6.45) is -2.67. The van der Waals surface area contributed by atoms with Gasteiger partial charge in [-0.15, -0.1) is 0 Å². The Morgan fingerprint density at radius 2 is 1.61 bits per heavy atom. The molecule has 3 aromatic rings. The number of phosphoric ester groups is 1. The van der Waals surface area contributed by atoms with Crippen LogP contribution in [0.1, 0.15) is 56.3 Å². The second kappa shape index (κ2) is 16.7. The normalized spacial score (nSPS) is 25.0. The molecule has 0 saturated carbocycles. The number of ether oxygens (including phenoxy) is 4. The molecule has 3 N–H and O–H groups in total. The summed E-state index contributed by atoms with van der Waals surface area (Å²) in [5, 5.41) is 11.1. The molecule has 19 nitrogen and oxygen atoms in total. The van der Waals surface area contributed by atoms with E-state index in [1.807, 2.05) is 37.3 Å². The third kappa shape index (κ3) is 10.7. The third-order valence-corrected chi connectivity index (χ3v) is 12.5. The first-order valence-corrected chi connectivity index (χ1v) is 20.4. The molecule has 8 unspecified atom stereocenters. The maximum atomic E-state index is 13.2. The number of unbranched alkanes of at least 4 members (excludes halogenated alkanes) is 3. The maximum absolute atomic E-state index is 13.2. The fourth-order valence-electron chi connectivity index (χ4n) is 5.28. The number of rotatable bonds is 18. The molecule has 0 spiro atoms. The predicted octanol–water partition coefficient (Wildman–Crippen LogP) is 5.13. The zero-order valence-corrected chi connectivity index (χ0v) is 29.7. The van der Waals surface area contributed by atoms with Crippen molar-refractivity contribution in [3.05, 3.63) is 98.6 Å². The molecule has 1 aromatic heterocycles. The summed E-state index contributed by atoms with van der Waals surface area (Å²) in [4.78, 5) is 57.8. The van der Waals surface area contributed by atoms with Crippen LogP contribution >= 0.6 is 23.2 Å². The number of hydrogen-bond acceptors (Lipinski definition) is 14. The quantitative estimate of drug-likeness (QED) is 0.0655. The van der Waals surface area contributed by atoms with Crippen molar-refractivity contribution < 1.29 is 65.4 Å². The van der Waals surface area contributed by atoms with Gasteiger partial charge < -0.3 is 33.6 Å². The zero-order chi connectivity index (χ0) is 36.8. The van der Waals surface area contributed by atoms with E-state index in [9.17, 15) is 43.3 Å². The van der Waals surface area contributed by atoms with Gasteiger partial charge in [0.2, 0.25) is 5.88 Å². The average Bonchev–Trinajstić information content (AvgIpc) is 3.65. The van der Waals surface area contributed by atoms with Gasteiger partial charge in [-0.25, -0.2) is 18.2 Å². The lowest BCUT2D eigenvalue weighted by atomic mass is 10.1. The van der Waals surface area contributed by atoms with Gasteiger partial charge in [0, 0.05) is 30.0 Å². The number of nitrogens with zero attached hydrogens (tertiary/aromatic N) is 3. The van der Waals surface area contributed by atoms with Gasteiger partial charge in [0.05, 0.1) is 17.7 Å². The van der Waals surface area contributed by atoms with Gasteiger partial charge in [-0.2, -0.15) is 9.29 Å². The van der Waals surface area contributed by atoms with Crippen molar-refractivity contribution in [1.82, 2.24) is 9.55 Å². The highest BCUT2D eigenvalue weighted by molar-refractivity contribution is 7.68. The summed E-state index contributed by atoms with van der Waals surface area (Å²) < 4.78 is 75.6. The van der Waals surface area contributed by atoms with Gasteiger partial charge in [-0.05, 0) is 24.1 Å². The highest BCUT2D eigenvalue weighted by Crippen LogP contribution is 2.67. The Morgan fingerprint density at radius 3 is 2.27 bits per heavy atom. The standard InChI is InChI=1S/C29H36N3O16P3/c1-2-3-4-8-17-49(36,37)47-51(40,41)48-50(38,39)43-19-23-25-26(46-28(45-25)21-11-13-22(14-12-21)32(34)35)27(44-23)31-16-15-24(30-29(31)33)42-18-20-9-6-5-7-10-20/h5-7,9-16,23,25-28H,2-4,8,17-19H2,1H3,(H,36,37)(H,38,39)(H,40,41). The van der Waals surface area contributed by atoms with Crippen molar-refractivity contribution >= 4 is 28.9 Å². The lowest BCUT2D eigenvalue weighted by molar-refractivity contribution is -0.384. The van der Waals surface area contributed by atoms with E-state index >= 15 is 0 Å². The van der Waals surface area contributed by atoms with Crippen molar-refractivity contribution in [3.8, 4) is 5.88 Å². The van der Waals surface area contributed by atoms with Crippen molar-refractivity contribution in [1.29, 1.82) is 0 Å². The molecule has 2 aliphatic heterocycles. The molecule has 2 fully saturated rings. The van der Waals surface area contributed by atoms with E-state index in [4.69, 9.17) is 23.5 Å². The summed E-state index contributed by atoms with van der Waals surface area (Å²) in [5.74, 6) is 0.0179. The van der Waals surface area contributed by atoms with Crippen LogP contribution in [0.15, 0.2) is 71.7 Å². The predicted molar refractivity (Wildman–Crippen MR) is 175 cm³/mol. The van der Waals surface area contributed by atoms with Crippen molar-refractivity contribution in [3.63, 3.8) is 0 Å². The third-order valence-electron chi connectivity index (χ3n) is 7.66. The van der Waals surface area contributed by atoms with Crippen molar-refractivity contribution in [2.24, 2.45) is 0 Å². The second-order valence-corrected chi connectivity index (χ2v) is 16.7. The van der Waals surface area contributed by atoms with Crippen LogP contribution < -0.4 is 10.4 Å². The van der Waals surface area contributed by atoms with E-state index in [2.05, 4.69) is 13.6 Å². The summed E-state index contributed by atoms with van der Waals surface area (Å²) in [7, 11) is -15.7. The molecule has 0 amide bonds. The molecular formula is C29H36N3O16P3. The van der Waals surface area contributed by atoms with Crippen LogP contribution in [0.3, 0.4) is 0 Å². The fraction of sp³-hybridized carbons (Fsp3) is 0.448. The smallest absolute Gasteiger partial charge is 0.473 e. The molecule has 2 saturated heterocycles. The van der Waals surface area contributed by atoms with E-state index in [0.29, 0.717) is 12.0 Å². The van der Waals surface area contributed by atoms with Gasteiger partial charge in [0.25, 0.3) is 5.69 Å². The summed E-state index contributed by atoms with van der Waals surface area (Å²) in [6.45, 7) is 1.22. The highest BCUT2D eigenvalue weighted by atomic mass is 31.3. The number of benzene rings is 2. The topological polar surface area (TPSA) is 255 Å². The van der Waals surface area contributed by atoms with Gasteiger partial charge in [-0.1, -0.05) is 56.5 Å². The molecular weight excluding hydrogens is 739 g/mol. The molecule has 3 heterocycles. The average molecular weight is 776 g/mol. The van der Waals surface area contributed by atoms with E-state index in [1.54, 1.807) is 0 Å². The zero-order valence-electron chi connectivity index (χ0n) is 27.0. The first-order valence-electron chi connectivity index (χ1n) is 15.7. The van der Waals surface area contributed by atoms with Crippen LogP contribution in [0.2, 0.25) is 0 Å². The molecule has 0 bridgehead atoms. The minimum Gasteiger partial charge on any atom is -0.473 e. The van der Waals surface area contributed by atoms with Gasteiger partial charge in [-0.3, -0.25) is 23.8 Å². The second-order valence-electron chi connectivity index (χ2n) is 11.5. The van der Waals surface area contributed by atoms with Crippen molar-refractivity contribution in [2.45, 2.75) is 70.0 Å². The van der Waals surface area contributed by atoms with E-state index in [0.717, 1.165) is 23.0 Å². The number of nitro benzene ring substituents is 1. The first kappa shape index (κ1) is 39.1. The number of phosphoric acid groups is 2. The highest BCUT2D eigenvalue weighted by Gasteiger charge is 2.55. The number of non-ortho nitro benzene ring substituents is 1. The van der Waals surface area contributed by atoms with Crippen LogP contribution in [-0.2, 0) is 47.7 Å². The summed E-state index contributed by atoms with van der Waals surface area (Å²) >= 11 is 0. The molecule has 278 valence electrons. The Labute approximate surface area is 290 Å². The Kier molecular flexibility index (Phi) is 12.8. The Morgan fingerprint density at radius 1 is 0.902 bits per heavy atom. The number of nitro groups is 1. The number of aromatic nitrogens is 2. The van der Waals surface area contributed by atoms with E-state index in [1.165, 1.54) is 36.5 Å². The van der Waals surface area contributed by atoms with Crippen molar-refractivity contribution in [2.75, 3.05) is 12.8 Å². The molecule has 2 aliphatic rings. The van der Waals surface area contributed by atoms with Crippen LogP contribution in [0, 0.1) is 10.1 Å². The molecule has 22 heteroatoms. The lowest BCUT2D eigenvalue weighted by Gasteiger charge is -2.22. The van der Waals surface area contributed by atoms with E-state index < -0.39 is 77.5 Å². The van der Waals surface area contributed by atoms with Gasteiger partial charge >= 0.3 is 28.9 Å². The van der Waals surface area contributed by atoms with Gasteiger partial charge in [0.15, 0.2) is 12.5 Å². The Balaban J connectivity index is 1.30. The molecule has 0 radical (unpaired) electrons. The van der Waals surface area contributed by atoms with Crippen LogP contribution in [-0.4, -0.2) is 60.2 Å². The van der Waals surface area contributed by atoms with Crippen LogP contribution in [0.25, 0.3) is 0 Å². The van der Waals surface area contributed by atoms with E-state index in [-0.39, 0.29) is 24.6 Å². The molecule has 5 rings (SSSR count). The molecule has 0 aliphatic carbocycles. The molecule has 8 atom stereocenters. The fourth-order valence-corrected chi connectivity index (χ4v) is 9.48. The maximum Gasteiger partial charge on any atom is 0.488 e. The minimum atomic E-state index is -5.59.